The Morgan fingerprint density at radius 1 is 1.24 bits per heavy atom. The fourth-order valence-corrected chi connectivity index (χ4v) is 3.89. The van der Waals surface area contributed by atoms with Gasteiger partial charge in [0.15, 0.2) is 0 Å². The quantitative estimate of drug-likeness (QED) is 0.682. The highest BCUT2D eigenvalue weighted by Crippen LogP contribution is 2.34. The average molecular weight is 396 g/mol. The lowest BCUT2D eigenvalue weighted by molar-refractivity contribution is 0.102. The fraction of sp³-hybridized carbons (Fsp3) is 0.409. The van der Waals surface area contributed by atoms with Crippen LogP contribution in [0.4, 0.5) is 10.1 Å². The molecular weight excluding hydrogens is 371 g/mol. The fourth-order valence-electron chi connectivity index (χ4n) is 3.89. The highest BCUT2D eigenvalue weighted by atomic mass is 19.1. The first kappa shape index (κ1) is 19.4. The van der Waals surface area contributed by atoms with Gasteiger partial charge in [-0.3, -0.25) is 9.48 Å². The van der Waals surface area contributed by atoms with E-state index in [0.717, 1.165) is 29.7 Å². The summed E-state index contributed by atoms with van der Waals surface area (Å²) < 4.78 is 20.9. The van der Waals surface area contributed by atoms with Gasteiger partial charge in [-0.05, 0) is 56.7 Å². The molecule has 0 spiro atoms. The Bertz CT molecular complexity index is 1050. The van der Waals surface area contributed by atoms with Crippen LogP contribution in [0.2, 0.25) is 0 Å². The summed E-state index contributed by atoms with van der Waals surface area (Å²) in [5, 5.41) is 8.50. The molecule has 29 heavy (non-hydrogen) atoms. The van der Waals surface area contributed by atoms with E-state index in [4.69, 9.17) is 9.84 Å². The summed E-state index contributed by atoms with van der Waals surface area (Å²) >= 11 is 0. The van der Waals surface area contributed by atoms with E-state index < -0.39 is 11.7 Å². The average Bonchev–Trinajstić information content (AvgIpc) is 3.12. The van der Waals surface area contributed by atoms with Gasteiger partial charge in [-0.15, -0.1) is 0 Å². The lowest BCUT2D eigenvalue weighted by Gasteiger charge is -2.26. The standard InChI is InChI=1S/C22H25FN4O2/c1-13-4-6-16(7-5-13)27-12-15-10-20(21(29-3)11-19(15)26-27)25-22(28)18-9-8-17(23)14(2)24-18/h8-13,16H,4-7H2,1-3H3,(H,25,28)/t13-,16-. The number of anilines is 1. The Morgan fingerprint density at radius 2 is 2.00 bits per heavy atom. The molecule has 1 N–H and O–H groups in total. The van der Waals surface area contributed by atoms with Gasteiger partial charge in [-0.25, -0.2) is 9.37 Å². The Hall–Kier alpha value is -2.96. The normalized spacial score (nSPS) is 19.3. The number of ether oxygens (including phenoxy) is 1. The molecule has 7 heteroatoms. The minimum absolute atomic E-state index is 0.151. The van der Waals surface area contributed by atoms with Crippen LogP contribution >= 0.6 is 0 Å². The van der Waals surface area contributed by atoms with Crippen molar-refractivity contribution in [3.63, 3.8) is 0 Å². The second-order valence-corrected chi connectivity index (χ2v) is 7.85. The third-order valence-electron chi connectivity index (χ3n) is 5.71. The van der Waals surface area contributed by atoms with Crippen LogP contribution in [0, 0.1) is 18.7 Å². The highest BCUT2D eigenvalue weighted by Gasteiger charge is 2.21. The van der Waals surface area contributed by atoms with E-state index in [9.17, 15) is 9.18 Å². The molecule has 0 unspecified atom stereocenters. The SMILES string of the molecule is COc1cc2nn([C@H]3CC[C@H](C)CC3)cc2cc1NC(=O)c1ccc(F)c(C)n1. The number of rotatable bonds is 4. The number of benzene rings is 1. The number of amides is 1. The van der Waals surface area contributed by atoms with Crippen LogP contribution in [0.3, 0.4) is 0 Å². The summed E-state index contributed by atoms with van der Waals surface area (Å²) in [4.78, 5) is 16.6. The molecule has 1 aliphatic carbocycles. The third-order valence-corrected chi connectivity index (χ3v) is 5.71. The van der Waals surface area contributed by atoms with Gasteiger partial charge in [0.05, 0.1) is 30.0 Å². The number of carbonyl (C=O) groups is 1. The summed E-state index contributed by atoms with van der Waals surface area (Å²) in [6.07, 6.45) is 6.73. The van der Waals surface area contributed by atoms with Crippen LogP contribution in [0.25, 0.3) is 10.9 Å². The maximum Gasteiger partial charge on any atom is 0.274 e. The molecule has 1 aliphatic rings. The summed E-state index contributed by atoms with van der Waals surface area (Å²) in [5.74, 6) is 0.443. The van der Waals surface area contributed by atoms with Crippen molar-refractivity contribution in [2.45, 2.75) is 45.6 Å². The number of aromatic nitrogens is 3. The van der Waals surface area contributed by atoms with Gasteiger partial charge in [0.25, 0.3) is 5.91 Å². The maximum atomic E-state index is 13.4. The zero-order valence-electron chi connectivity index (χ0n) is 16.9. The van der Waals surface area contributed by atoms with Crippen LogP contribution < -0.4 is 10.1 Å². The minimum atomic E-state index is -0.440. The first-order valence-electron chi connectivity index (χ1n) is 9.96. The molecule has 2 aromatic heterocycles. The number of fused-ring (bicyclic) bond motifs is 1. The number of hydrogen-bond donors (Lipinski definition) is 1. The molecule has 0 saturated heterocycles. The molecule has 152 valence electrons. The molecule has 1 saturated carbocycles. The molecule has 2 heterocycles. The van der Waals surface area contributed by atoms with Crippen molar-refractivity contribution in [1.82, 2.24) is 14.8 Å². The molecule has 3 aromatic rings. The summed E-state index contributed by atoms with van der Waals surface area (Å²) in [5.41, 5.74) is 1.70. The molecule has 0 atom stereocenters. The van der Waals surface area contributed by atoms with Crippen LogP contribution in [0.15, 0.2) is 30.5 Å². The van der Waals surface area contributed by atoms with Gasteiger partial charge in [0, 0.05) is 17.6 Å². The van der Waals surface area contributed by atoms with Gasteiger partial charge in [-0.2, -0.15) is 5.10 Å². The molecular formula is C22H25FN4O2. The van der Waals surface area contributed by atoms with Gasteiger partial charge >= 0.3 is 0 Å². The number of nitrogens with zero attached hydrogens (tertiary/aromatic N) is 3. The molecule has 1 fully saturated rings. The number of carbonyl (C=O) groups excluding carboxylic acids is 1. The number of pyridine rings is 1. The number of methoxy groups -OCH3 is 1. The summed E-state index contributed by atoms with van der Waals surface area (Å²) in [7, 11) is 1.55. The largest absolute Gasteiger partial charge is 0.494 e. The van der Waals surface area contributed by atoms with Gasteiger partial charge < -0.3 is 10.1 Å². The van der Waals surface area contributed by atoms with Crippen molar-refractivity contribution in [3.8, 4) is 5.75 Å². The van der Waals surface area contributed by atoms with Crippen molar-refractivity contribution in [2.24, 2.45) is 5.92 Å². The second kappa shape index (κ2) is 7.81. The Kier molecular flexibility index (Phi) is 5.22. The van der Waals surface area contributed by atoms with E-state index in [2.05, 4.69) is 17.2 Å². The predicted molar refractivity (Wildman–Crippen MR) is 110 cm³/mol. The number of hydrogen-bond acceptors (Lipinski definition) is 4. The molecule has 0 bridgehead atoms. The summed E-state index contributed by atoms with van der Waals surface area (Å²) in [6, 6.07) is 6.71. The number of nitrogens with one attached hydrogen (secondary N) is 1. The van der Waals surface area contributed by atoms with Crippen molar-refractivity contribution in [3.05, 3.63) is 47.7 Å². The zero-order valence-corrected chi connectivity index (χ0v) is 16.9. The lowest BCUT2D eigenvalue weighted by atomic mass is 9.87. The molecule has 0 radical (unpaired) electrons. The van der Waals surface area contributed by atoms with E-state index in [1.165, 1.54) is 31.9 Å². The van der Waals surface area contributed by atoms with E-state index in [1.807, 2.05) is 23.0 Å². The van der Waals surface area contributed by atoms with Crippen LogP contribution in [-0.2, 0) is 0 Å². The van der Waals surface area contributed by atoms with Crippen molar-refractivity contribution < 1.29 is 13.9 Å². The first-order chi connectivity index (χ1) is 13.9. The molecule has 1 aromatic carbocycles. The van der Waals surface area contributed by atoms with Crippen molar-refractivity contribution >= 4 is 22.5 Å². The smallest absolute Gasteiger partial charge is 0.274 e. The van der Waals surface area contributed by atoms with Crippen LogP contribution in [0.5, 0.6) is 5.75 Å². The lowest BCUT2D eigenvalue weighted by Crippen LogP contribution is -2.16. The van der Waals surface area contributed by atoms with Crippen molar-refractivity contribution in [1.29, 1.82) is 0 Å². The topological polar surface area (TPSA) is 69.0 Å². The van der Waals surface area contributed by atoms with Gasteiger partial charge in [-0.1, -0.05) is 6.92 Å². The van der Waals surface area contributed by atoms with Crippen molar-refractivity contribution in [2.75, 3.05) is 12.4 Å². The Labute approximate surface area is 169 Å². The van der Waals surface area contributed by atoms with Crippen LogP contribution in [0.1, 0.15) is 54.8 Å². The number of aryl methyl sites for hydroxylation is 1. The Balaban J connectivity index is 1.61. The van der Waals surface area contributed by atoms with E-state index in [0.29, 0.717) is 17.5 Å². The predicted octanol–water partition coefficient (Wildman–Crippen LogP) is 4.89. The monoisotopic (exact) mass is 396 g/mol. The van der Waals surface area contributed by atoms with E-state index >= 15 is 0 Å². The molecule has 6 nitrogen and oxygen atoms in total. The van der Waals surface area contributed by atoms with E-state index in [1.54, 1.807) is 7.11 Å². The van der Waals surface area contributed by atoms with Gasteiger partial charge in [0.2, 0.25) is 0 Å². The highest BCUT2D eigenvalue weighted by molar-refractivity contribution is 6.05. The Morgan fingerprint density at radius 3 is 2.69 bits per heavy atom. The second-order valence-electron chi connectivity index (χ2n) is 7.85. The minimum Gasteiger partial charge on any atom is -0.494 e. The third kappa shape index (κ3) is 3.95. The molecule has 1 amide bonds. The molecule has 0 aliphatic heterocycles. The zero-order chi connectivity index (χ0) is 20.5. The maximum absolute atomic E-state index is 13.4. The number of halogens is 1. The van der Waals surface area contributed by atoms with Crippen LogP contribution in [-0.4, -0.2) is 27.8 Å². The van der Waals surface area contributed by atoms with E-state index in [-0.39, 0.29) is 11.4 Å². The summed E-state index contributed by atoms with van der Waals surface area (Å²) in [6.45, 7) is 3.83. The molecule has 4 rings (SSSR count). The van der Waals surface area contributed by atoms with Gasteiger partial charge in [0.1, 0.15) is 17.3 Å². The first-order valence-corrected chi connectivity index (χ1v) is 9.96.